The quantitative estimate of drug-likeness (QED) is 0.349. The van der Waals surface area contributed by atoms with Crippen molar-refractivity contribution >= 4 is 53.0 Å². The van der Waals surface area contributed by atoms with E-state index < -0.39 is 29.9 Å². The minimum atomic E-state index is -1.42. The second-order valence-corrected chi connectivity index (χ2v) is 8.43. The molecule has 1 saturated heterocycles. The molecular weight excluding hydrogens is 501 g/mol. The lowest BCUT2D eigenvalue weighted by Gasteiger charge is -2.18. The largest absolute Gasteiger partial charge is 0.480 e. The van der Waals surface area contributed by atoms with Crippen molar-refractivity contribution in [2.75, 3.05) is 13.2 Å². The Bertz CT molecular complexity index is 1090. The number of nitrogens with one attached hydrogen (secondary N) is 3. The summed E-state index contributed by atoms with van der Waals surface area (Å²) in [6, 6.07) is 4.85. The van der Waals surface area contributed by atoms with Gasteiger partial charge in [0.05, 0.1) is 21.9 Å². The Balaban J connectivity index is 1.58. The smallest absolute Gasteiger partial charge is 0.328 e. The minimum absolute atomic E-state index is 0.0297. The van der Waals surface area contributed by atoms with Crippen LogP contribution in [0, 0.1) is 0 Å². The maximum atomic E-state index is 12.7. The van der Waals surface area contributed by atoms with E-state index >= 15 is 0 Å². The summed E-state index contributed by atoms with van der Waals surface area (Å²) in [5, 5.41) is 16.8. The zero-order chi connectivity index (χ0) is 25.4. The number of hydrogen-bond donors (Lipinski definition) is 4. The average molecular weight is 524 g/mol. The minimum Gasteiger partial charge on any atom is -0.480 e. The number of aliphatic carboxylic acids is 1. The van der Waals surface area contributed by atoms with Crippen molar-refractivity contribution < 1.29 is 33.4 Å². The van der Waals surface area contributed by atoms with Gasteiger partial charge in [-0.05, 0) is 48.7 Å². The summed E-state index contributed by atoms with van der Waals surface area (Å²) in [5.74, 6) is -2.47. The van der Waals surface area contributed by atoms with Gasteiger partial charge in [-0.1, -0.05) is 23.2 Å². The van der Waals surface area contributed by atoms with Gasteiger partial charge in [0.2, 0.25) is 11.8 Å². The number of benzene rings is 1. The van der Waals surface area contributed by atoms with E-state index in [9.17, 15) is 24.3 Å². The number of amides is 3. The Kier molecular flexibility index (Phi) is 9.30. The van der Waals surface area contributed by atoms with Gasteiger partial charge in [0.1, 0.15) is 17.9 Å². The van der Waals surface area contributed by atoms with Gasteiger partial charge in [0, 0.05) is 25.8 Å². The molecule has 3 rings (SSSR count). The molecule has 35 heavy (non-hydrogen) atoms. The molecule has 1 unspecified atom stereocenters. The predicted octanol–water partition coefficient (Wildman–Crippen LogP) is 2.39. The zero-order valence-corrected chi connectivity index (χ0v) is 19.9. The Morgan fingerprint density at radius 3 is 2.51 bits per heavy atom. The van der Waals surface area contributed by atoms with Crippen LogP contribution in [0.3, 0.4) is 0 Å². The van der Waals surface area contributed by atoms with E-state index in [1.165, 1.54) is 30.5 Å². The molecule has 1 aliphatic rings. The van der Waals surface area contributed by atoms with Crippen LogP contribution in [0.5, 0.6) is 0 Å². The number of carboxylic acid groups (broad SMARTS) is 1. The number of carboxylic acids is 1. The summed E-state index contributed by atoms with van der Waals surface area (Å²) in [4.78, 5) is 48.3. The summed E-state index contributed by atoms with van der Waals surface area (Å²) >= 11 is 12.5. The molecule has 186 valence electrons. The van der Waals surface area contributed by atoms with Crippen molar-refractivity contribution in [3.05, 3.63) is 63.5 Å². The van der Waals surface area contributed by atoms with Crippen molar-refractivity contribution in [1.82, 2.24) is 16.0 Å². The van der Waals surface area contributed by atoms with E-state index in [2.05, 4.69) is 16.0 Å². The molecule has 0 bridgehead atoms. The molecule has 1 aromatic carbocycles. The van der Waals surface area contributed by atoms with Gasteiger partial charge in [-0.25, -0.2) is 4.79 Å². The van der Waals surface area contributed by atoms with Crippen molar-refractivity contribution in [2.24, 2.45) is 0 Å². The molecule has 1 aromatic heterocycles. The maximum Gasteiger partial charge on any atom is 0.328 e. The second kappa shape index (κ2) is 12.4. The Hall–Kier alpha value is -3.34. The third-order valence-corrected chi connectivity index (χ3v) is 5.64. The first-order chi connectivity index (χ1) is 16.7. The standard InChI is InChI=1S/C23H23Cl2N3O7/c24-15-9-13(11-26-19(29)6-5-14-3-1-7-34-14)10-16(25)20(15)22(31)28-17(23(32)33)12-27-21(30)18-4-2-8-35-18/h1,3,5-7,9-10,17-18H,2,4,8,11-12H2,(H,26,29)(H,27,30)(H,28,31)(H,32,33)/b6-5+/t17-,18?/m0/s1. The SMILES string of the molecule is O=C(/C=C/c1ccco1)NCc1cc(Cl)c(C(=O)N[C@@H](CNC(=O)C2CCCO2)C(=O)O)c(Cl)c1. The van der Waals surface area contributed by atoms with Crippen LogP contribution in [0.4, 0.5) is 0 Å². The van der Waals surface area contributed by atoms with Crippen LogP contribution >= 0.6 is 23.2 Å². The number of furan rings is 1. The predicted molar refractivity (Wildman–Crippen MR) is 127 cm³/mol. The van der Waals surface area contributed by atoms with E-state index in [0.717, 1.165) is 6.42 Å². The van der Waals surface area contributed by atoms with Crippen molar-refractivity contribution in [3.63, 3.8) is 0 Å². The van der Waals surface area contributed by atoms with Gasteiger partial charge in [0.15, 0.2) is 0 Å². The number of ether oxygens (including phenoxy) is 1. The van der Waals surface area contributed by atoms with Crippen LogP contribution in [0.15, 0.2) is 41.0 Å². The maximum absolute atomic E-state index is 12.7. The molecule has 3 amide bonds. The van der Waals surface area contributed by atoms with Crippen molar-refractivity contribution in [2.45, 2.75) is 31.5 Å². The van der Waals surface area contributed by atoms with Crippen LogP contribution in [-0.2, 0) is 25.7 Å². The molecule has 12 heteroatoms. The number of carbonyl (C=O) groups excluding carboxylic acids is 3. The van der Waals surface area contributed by atoms with Crippen LogP contribution in [0.2, 0.25) is 10.0 Å². The summed E-state index contributed by atoms with van der Waals surface area (Å²) < 4.78 is 10.4. The summed E-state index contributed by atoms with van der Waals surface area (Å²) in [6.07, 6.45) is 4.96. The molecule has 0 spiro atoms. The normalized spacial score (nSPS) is 16.1. The topological polar surface area (TPSA) is 147 Å². The molecule has 10 nitrogen and oxygen atoms in total. The molecule has 1 fully saturated rings. The third-order valence-electron chi connectivity index (χ3n) is 5.04. The van der Waals surface area contributed by atoms with Gasteiger partial charge in [0.25, 0.3) is 5.91 Å². The Labute approximate surface area is 210 Å². The molecule has 1 aliphatic heterocycles. The van der Waals surface area contributed by atoms with Gasteiger partial charge >= 0.3 is 5.97 Å². The monoisotopic (exact) mass is 523 g/mol. The van der Waals surface area contributed by atoms with Crippen molar-refractivity contribution in [3.8, 4) is 0 Å². The second-order valence-electron chi connectivity index (χ2n) is 7.61. The Morgan fingerprint density at radius 2 is 1.91 bits per heavy atom. The fraction of sp³-hybridized carbons (Fsp3) is 0.304. The molecule has 2 aromatic rings. The van der Waals surface area contributed by atoms with E-state index in [1.54, 1.807) is 12.1 Å². The zero-order valence-electron chi connectivity index (χ0n) is 18.4. The van der Waals surface area contributed by atoms with Crippen LogP contribution in [0.1, 0.15) is 34.5 Å². The summed E-state index contributed by atoms with van der Waals surface area (Å²) in [6.45, 7) is 0.204. The van der Waals surface area contributed by atoms with E-state index in [0.29, 0.717) is 24.4 Å². The highest BCUT2D eigenvalue weighted by molar-refractivity contribution is 6.39. The number of halogens is 2. The van der Waals surface area contributed by atoms with Gasteiger partial charge in [-0.2, -0.15) is 0 Å². The lowest BCUT2D eigenvalue weighted by atomic mass is 10.1. The van der Waals surface area contributed by atoms with Crippen LogP contribution in [-0.4, -0.2) is 54.1 Å². The van der Waals surface area contributed by atoms with Crippen LogP contribution < -0.4 is 16.0 Å². The van der Waals surface area contributed by atoms with Gasteiger partial charge in [-0.15, -0.1) is 0 Å². The van der Waals surface area contributed by atoms with Gasteiger partial charge < -0.3 is 30.2 Å². The molecule has 4 N–H and O–H groups in total. The fourth-order valence-corrected chi connectivity index (χ4v) is 3.97. The summed E-state index contributed by atoms with van der Waals surface area (Å²) in [5.41, 5.74) is 0.396. The molecule has 0 saturated carbocycles. The molecule has 2 atom stereocenters. The van der Waals surface area contributed by atoms with Crippen LogP contribution in [0.25, 0.3) is 6.08 Å². The molecular formula is C23H23Cl2N3O7. The molecule has 2 heterocycles. The van der Waals surface area contributed by atoms with E-state index in [-0.39, 0.29) is 34.6 Å². The highest BCUT2D eigenvalue weighted by Gasteiger charge is 2.27. The Morgan fingerprint density at radius 1 is 1.17 bits per heavy atom. The number of rotatable bonds is 10. The van der Waals surface area contributed by atoms with Crippen molar-refractivity contribution in [1.29, 1.82) is 0 Å². The first-order valence-electron chi connectivity index (χ1n) is 10.6. The summed E-state index contributed by atoms with van der Waals surface area (Å²) in [7, 11) is 0. The molecule has 0 aliphatic carbocycles. The number of carbonyl (C=O) groups is 4. The fourth-order valence-electron chi connectivity index (χ4n) is 3.27. The van der Waals surface area contributed by atoms with E-state index in [4.69, 9.17) is 32.4 Å². The first-order valence-corrected chi connectivity index (χ1v) is 11.4. The number of hydrogen-bond acceptors (Lipinski definition) is 6. The lowest BCUT2D eigenvalue weighted by molar-refractivity contribution is -0.139. The first kappa shape index (κ1) is 26.3. The highest BCUT2D eigenvalue weighted by atomic mass is 35.5. The van der Waals surface area contributed by atoms with E-state index in [1.807, 2.05) is 0 Å². The highest BCUT2D eigenvalue weighted by Crippen LogP contribution is 2.27. The third kappa shape index (κ3) is 7.57. The average Bonchev–Trinajstić information content (AvgIpc) is 3.52. The van der Waals surface area contributed by atoms with Gasteiger partial charge in [-0.3, -0.25) is 14.4 Å². The molecule has 0 radical (unpaired) electrons. The lowest BCUT2D eigenvalue weighted by Crippen LogP contribution is -2.50.